The average molecular weight is 469 g/mol. The van der Waals surface area contributed by atoms with Crippen molar-refractivity contribution in [2.45, 2.75) is 84.2 Å². The Balaban J connectivity index is 2.10. The quantitative estimate of drug-likeness (QED) is 0.325. The number of nitrogen functional groups attached to an aromatic ring is 1. The van der Waals surface area contributed by atoms with Gasteiger partial charge in [0, 0.05) is 22.0 Å². The highest BCUT2D eigenvalue weighted by Gasteiger charge is 2.30. The van der Waals surface area contributed by atoms with E-state index in [0.717, 1.165) is 24.8 Å². The van der Waals surface area contributed by atoms with Gasteiger partial charge >= 0.3 is 5.97 Å². The molecular formula is C23H37BrN2O3. The number of esters is 1. The molecule has 0 aromatic heterocycles. The van der Waals surface area contributed by atoms with Crippen LogP contribution in [0.15, 0.2) is 16.6 Å². The highest BCUT2D eigenvalue weighted by atomic mass is 79.9. The number of hydrogen-bond acceptors (Lipinski definition) is 5. The van der Waals surface area contributed by atoms with Gasteiger partial charge in [0.05, 0.1) is 24.5 Å². The molecule has 4 N–H and O–H groups in total. The number of aliphatic hydroxyl groups is 1. The van der Waals surface area contributed by atoms with Crippen LogP contribution in [0.25, 0.3) is 0 Å². The number of rotatable bonds is 10. The lowest BCUT2D eigenvalue weighted by molar-refractivity contribution is 0.0132. The van der Waals surface area contributed by atoms with Gasteiger partial charge in [-0.25, -0.2) is 4.79 Å². The van der Waals surface area contributed by atoms with Crippen LogP contribution in [-0.4, -0.2) is 29.8 Å². The minimum atomic E-state index is -0.408. The first kappa shape index (κ1) is 24.2. The van der Waals surface area contributed by atoms with Crippen LogP contribution < -0.4 is 11.1 Å². The summed E-state index contributed by atoms with van der Waals surface area (Å²) in [5.74, 6) is -0.384. The summed E-state index contributed by atoms with van der Waals surface area (Å²) < 4.78 is 6.25. The molecule has 1 fully saturated rings. The number of benzene rings is 1. The Kier molecular flexibility index (Phi) is 8.98. The lowest BCUT2D eigenvalue weighted by Gasteiger charge is -2.38. The highest BCUT2D eigenvalue weighted by Crippen LogP contribution is 2.33. The summed E-state index contributed by atoms with van der Waals surface area (Å²) in [5.41, 5.74) is 8.08. The Labute approximate surface area is 183 Å². The van der Waals surface area contributed by atoms with Crippen LogP contribution in [0.2, 0.25) is 0 Å². The number of nitrogens with two attached hydrogens (primary N) is 1. The number of hydrogen-bond donors (Lipinski definition) is 3. The van der Waals surface area contributed by atoms with Gasteiger partial charge in [-0.1, -0.05) is 46.5 Å². The van der Waals surface area contributed by atoms with Crippen LogP contribution in [0.5, 0.6) is 0 Å². The molecular weight excluding hydrogens is 432 g/mol. The SMILES string of the molecule is CCCC(C)(CO)COC(=O)c1cc(Br)c(N)c(CNC2(CC)CCCCC2)c1. The zero-order valence-corrected chi connectivity index (χ0v) is 19.7. The zero-order chi connectivity index (χ0) is 21.5. The van der Waals surface area contributed by atoms with Crippen LogP contribution in [0.4, 0.5) is 5.69 Å². The molecule has 1 aliphatic carbocycles. The zero-order valence-electron chi connectivity index (χ0n) is 18.2. The Morgan fingerprint density at radius 2 is 2.00 bits per heavy atom. The van der Waals surface area contributed by atoms with Crippen molar-refractivity contribution in [1.29, 1.82) is 0 Å². The van der Waals surface area contributed by atoms with Crippen molar-refractivity contribution < 1.29 is 14.6 Å². The van der Waals surface area contributed by atoms with Crippen molar-refractivity contribution in [1.82, 2.24) is 5.32 Å². The van der Waals surface area contributed by atoms with Crippen molar-refractivity contribution in [2.75, 3.05) is 18.9 Å². The van der Waals surface area contributed by atoms with Crippen molar-refractivity contribution in [3.8, 4) is 0 Å². The lowest BCUT2D eigenvalue weighted by Crippen LogP contribution is -2.45. The predicted octanol–water partition coefficient (Wildman–Crippen LogP) is 5.19. The van der Waals surface area contributed by atoms with E-state index < -0.39 is 5.41 Å². The monoisotopic (exact) mass is 468 g/mol. The first-order chi connectivity index (χ1) is 13.8. The van der Waals surface area contributed by atoms with Crippen LogP contribution >= 0.6 is 15.9 Å². The summed E-state index contributed by atoms with van der Waals surface area (Å²) in [4.78, 5) is 12.7. The van der Waals surface area contributed by atoms with Crippen LogP contribution in [0.1, 0.15) is 88.1 Å². The molecule has 1 atom stereocenters. The van der Waals surface area contributed by atoms with E-state index in [0.29, 0.717) is 22.3 Å². The van der Waals surface area contributed by atoms with Crippen LogP contribution in [0.3, 0.4) is 0 Å². The molecule has 29 heavy (non-hydrogen) atoms. The van der Waals surface area contributed by atoms with Crippen LogP contribution in [0, 0.1) is 5.41 Å². The van der Waals surface area contributed by atoms with Gasteiger partial charge in [-0.15, -0.1) is 0 Å². The third-order valence-corrected chi connectivity index (χ3v) is 7.04. The smallest absolute Gasteiger partial charge is 0.338 e. The molecule has 0 aliphatic heterocycles. The summed E-state index contributed by atoms with van der Waals surface area (Å²) >= 11 is 3.49. The van der Waals surface area contributed by atoms with Crippen molar-refractivity contribution in [3.63, 3.8) is 0 Å². The fraction of sp³-hybridized carbons (Fsp3) is 0.696. The van der Waals surface area contributed by atoms with Crippen molar-refractivity contribution >= 4 is 27.6 Å². The predicted molar refractivity (Wildman–Crippen MR) is 122 cm³/mol. The van der Waals surface area contributed by atoms with Gasteiger partial charge in [0.25, 0.3) is 0 Å². The third kappa shape index (κ3) is 6.43. The van der Waals surface area contributed by atoms with E-state index in [2.05, 4.69) is 35.1 Å². The summed E-state index contributed by atoms with van der Waals surface area (Å²) in [6.45, 7) is 7.05. The fourth-order valence-corrected chi connectivity index (χ4v) is 4.73. The van der Waals surface area contributed by atoms with Gasteiger partial charge < -0.3 is 20.9 Å². The standard InChI is InChI=1S/C23H37BrN2O3/c1-4-9-22(3,15-27)16-29-21(28)17-12-18(20(25)19(24)13-17)14-26-23(5-2)10-7-6-8-11-23/h12-13,26-27H,4-11,14-16,25H2,1-3H3. The van der Waals surface area contributed by atoms with Crippen LogP contribution in [-0.2, 0) is 11.3 Å². The second-order valence-corrected chi connectivity index (χ2v) is 9.73. The molecule has 1 aromatic rings. The number of halogens is 1. The van der Waals surface area contributed by atoms with Gasteiger partial charge in [0.15, 0.2) is 0 Å². The molecule has 0 bridgehead atoms. The van der Waals surface area contributed by atoms with Gasteiger partial charge in [-0.3, -0.25) is 0 Å². The van der Waals surface area contributed by atoms with Gasteiger partial charge in [-0.2, -0.15) is 0 Å². The maximum absolute atomic E-state index is 12.7. The Morgan fingerprint density at radius 3 is 2.59 bits per heavy atom. The second kappa shape index (κ2) is 10.8. The Hall–Kier alpha value is -1.11. The van der Waals surface area contributed by atoms with Gasteiger partial charge in [-0.05, 0) is 59.3 Å². The van der Waals surface area contributed by atoms with Gasteiger partial charge in [0.1, 0.15) is 0 Å². The van der Waals surface area contributed by atoms with Crippen molar-refractivity contribution in [3.05, 3.63) is 27.7 Å². The van der Waals surface area contributed by atoms with E-state index >= 15 is 0 Å². The van der Waals surface area contributed by atoms with E-state index in [1.165, 1.54) is 32.1 Å². The molecule has 1 aliphatic rings. The number of carbonyl (C=O) groups excluding carboxylic acids is 1. The first-order valence-electron chi connectivity index (χ1n) is 10.9. The molecule has 0 spiro atoms. The molecule has 0 heterocycles. The number of anilines is 1. The van der Waals surface area contributed by atoms with E-state index in [-0.39, 0.29) is 24.7 Å². The van der Waals surface area contributed by atoms with E-state index in [1.807, 2.05) is 13.0 Å². The molecule has 1 unspecified atom stereocenters. The maximum Gasteiger partial charge on any atom is 0.338 e. The molecule has 0 radical (unpaired) electrons. The number of carbonyl (C=O) groups is 1. The van der Waals surface area contributed by atoms with E-state index in [1.54, 1.807) is 6.07 Å². The second-order valence-electron chi connectivity index (χ2n) is 8.87. The van der Waals surface area contributed by atoms with E-state index in [9.17, 15) is 9.90 Å². The molecule has 0 saturated heterocycles. The first-order valence-corrected chi connectivity index (χ1v) is 11.7. The van der Waals surface area contributed by atoms with Gasteiger partial charge in [0.2, 0.25) is 0 Å². The minimum Gasteiger partial charge on any atom is -0.461 e. The minimum absolute atomic E-state index is 0.00613. The third-order valence-electron chi connectivity index (χ3n) is 6.38. The lowest BCUT2D eigenvalue weighted by atomic mass is 9.79. The summed E-state index contributed by atoms with van der Waals surface area (Å²) in [6.07, 6.45) is 9.01. The topological polar surface area (TPSA) is 84.6 Å². The molecule has 1 saturated carbocycles. The number of aliphatic hydroxyl groups excluding tert-OH is 1. The molecule has 1 aromatic carbocycles. The maximum atomic E-state index is 12.7. The normalized spacial score (nSPS) is 18.2. The largest absolute Gasteiger partial charge is 0.461 e. The van der Waals surface area contributed by atoms with Crippen molar-refractivity contribution in [2.24, 2.45) is 5.41 Å². The Bertz CT molecular complexity index is 689. The Morgan fingerprint density at radius 1 is 1.31 bits per heavy atom. The highest BCUT2D eigenvalue weighted by molar-refractivity contribution is 9.10. The van der Waals surface area contributed by atoms with E-state index in [4.69, 9.17) is 10.5 Å². The molecule has 5 nitrogen and oxygen atoms in total. The molecule has 2 rings (SSSR count). The molecule has 0 amide bonds. The molecule has 6 heteroatoms. The summed E-state index contributed by atoms with van der Waals surface area (Å²) in [5, 5.41) is 13.4. The number of nitrogens with one attached hydrogen (secondary N) is 1. The fourth-order valence-electron chi connectivity index (χ4n) is 4.23. The number of ether oxygens (including phenoxy) is 1. The molecule has 164 valence electrons. The average Bonchev–Trinajstić information content (AvgIpc) is 2.73. The summed E-state index contributed by atoms with van der Waals surface area (Å²) in [6, 6.07) is 3.55. The summed E-state index contributed by atoms with van der Waals surface area (Å²) in [7, 11) is 0.